The lowest BCUT2D eigenvalue weighted by molar-refractivity contribution is 0.857. The van der Waals surface area contributed by atoms with Crippen LogP contribution in [-0.2, 0) is 0 Å². The quantitative estimate of drug-likeness (QED) is 0.698. The summed E-state index contributed by atoms with van der Waals surface area (Å²) in [7, 11) is 0. The molecule has 0 aliphatic carbocycles. The van der Waals surface area contributed by atoms with Crippen LogP contribution in [0.4, 0.5) is 0 Å². The van der Waals surface area contributed by atoms with E-state index in [2.05, 4.69) is 61.6 Å². The second-order valence-corrected chi connectivity index (χ2v) is 5.83. The van der Waals surface area contributed by atoms with Gasteiger partial charge in [0.2, 0.25) is 0 Å². The molecule has 0 aliphatic rings. The maximum absolute atomic E-state index is 11.5. The minimum Gasteiger partial charge on any atom is -0.289 e. The van der Waals surface area contributed by atoms with Crippen molar-refractivity contribution in [2.75, 3.05) is 0 Å². The Hall–Kier alpha value is 0.330. The van der Waals surface area contributed by atoms with Gasteiger partial charge < -0.3 is 0 Å². The van der Waals surface area contributed by atoms with E-state index in [9.17, 15) is 4.79 Å². The van der Waals surface area contributed by atoms with Crippen LogP contribution in [0, 0.1) is 0 Å². The Kier molecular flexibility index (Phi) is 4.34. The average molecular weight is 385 g/mol. The van der Waals surface area contributed by atoms with Crippen LogP contribution < -0.4 is 5.43 Å². The number of halogens is 3. The molecule has 1 rings (SSSR count). The first-order chi connectivity index (χ1) is 6.43. The number of rotatable bonds is 1. The fourth-order valence-corrected chi connectivity index (χ4v) is 3.88. The van der Waals surface area contributed by atoms with E-state index in [1.807, 2.05) is 0 Å². The second kappa shape index (κ2) is 4.90. The summed E-state index contributed by atoms with van der Waals surface area (Å²) in [5, 5.41) is 0. The number of hydrogen-bond acceptors (Lipinski definition) is 1. The Morgan fingerprint density at radius 2 is 1.50 bits per heavy atom. The SMILES string of the molecule is CC(C)c1c(Br)cc(Br)c(=O)cc1Br. The molecule has 76 valence electrons. The molecule has 0 unspecified atom stereocenters. The molecular formula is C10H9Br3O. The summed E-state index contributed by atoms with van der Waals surface area (Å²) in [5.74, 6) is 0.359. The van der Waals surface area contributed by atoms with E-state index in [1.54, 1.807) is 12.1 Å². The molecule has 14 heavy (non-hydrogen) atoms. The van der Waals surface area contributed by atoms with Crippen LogP contribution in [0.1, 0.15) is 25.3 Å². The molecule has 4 heteroatoms. The highest BCUT2D eigenvalue weighted by atomic mass is 79.9. The van der Waals surface area contributed by atoms with Crippen molar-refractivity contribution >= 4 is 47.8 Å². The van der Waals surface area contributed by atoms with Crippen LogP contribution in [0.5, 0.6) is 0 Å². The first kappa shape index (κ1) is 12.4. The minimum atomic E-state index is -0.0236. The molecule has 1 aromatic rings. The Balaban J connectivity index is 3.63. The molecule has 0 heterocycles. The van der Waals surface area contributed by atoms with Crippen molar-refractivity contribution in [1.29, 1.82) is 0 Å². The van der Waals surface area contributed by atoms with E-state index in [4.69, 9.17) is 0 Å². The molecule has 0 bridgehead atoms. The summed E-state index contributed by atoms with van der Waals surface area (Å²) in [4.78, 5) is 11.5. The molecule has 0 aliphatic heterocycles. The molecule has 0 spiro atoms. The van der Waals surface area contributed by atoms with Crippen LogP contribution in [-0.4, -0.2) is 0 Å². The van der Waals surface area contributed by atoms with Gasteiger partial charge in [0.15, 0.2) is 5.43 Å². The highest BCUT2D eigenvalue weighted by Crippen LogP contribution is 2.31. The van der Waals surface area contributed by atoms with Crippen molar-refractivity contribution in [3.8, 4) is 0 Å². The predicted molar refractivity (Wildman–Crippen MR) is 69.9 cm³/mol. The first-order valence-corrected chi connectivity index (χ1v) is 6.50. The molecule has 0 amide bonds. The molecule has 0 aromatic heterocycles. The fourth-order valence-electron chi connectivity index (χ4n) is 1.19. The molecule has 0 saturated heterocycles. The number of hydrogen-bond donors (Lipinski definition) is 0. The Bertz CT molecular complexity index is 413. The lowest BCUT2D eigenvalue weighted by Crippen LogP contribution is -1.94. The van der Waals surface area contributed by atoms with Crippen molar-refractivity contribution in [2.24, 2.45) is 0 Å². The average Bonchev–Trinajstić information content (AvgIpc) is 2.09. The summed E-state index contributed by atoms with van der Waals surface area (Å²) < 4.78 is 2.35. The van der Waals surface area contributed by atoms with Crippen molar-refractivity contribution in [1.82, 2.24) is 0 Å². The maximum atomic E-state index is 11.5. The van der Waals surface area contributed by atoms with Gasteiger partial charge in [0.25, 0.3) is 0 Å². The molecule has 0 saturated carbocycles. The third kappa shape index (κ3) is 2.67. The van der Waals surface area contributed by atoms with Crippen LogP contribution in [0.15, 0.2) is 30.3 Å². The summed E-state index contributed by atoms with van der Waals surface area (Å²) in [6.07, 6.45) is 0. The van der Waals surface area contributed by atoms with Gasteiger partial charge in [-0.15, -0.1) is 0 Å². The third-order valence-corrected chi connectivity index (χ3v) is 3.77. The topological polar surface area (TPSA) is 17.1 Å². The molecule has 0 N–H and O–H groups in total. The Labute approximate surface area is 108 Å². The van der Waals surface area contributed by atoms with E-state index < -0.39 is 0 Å². The van der Waals surface area contributed by atoms with Crippen LogP contribution in [0.2, 0.25) is 0 Å². The zero-order valence-corrected chi connectivity index (χ0v) is 12.5. The standard InChI is InChI=1S/C10H9Br3O/c1-5(2)10-7(12)3-6(11)9(14)4-8(10)13/h3-5H,1-2H3. The van der Waals surface area contributed by atoms with E-state index >= 15 is 0 Å². The van der Waals surface area contributed by atoms with Crippen molar-refractivity contribution in [3.05, 3.63) is 41.3 Å². The molecule has 1 nitrogen and oxygen atoms in total. The van der Waals surface area contributed by atoms with Crippen molar-refractivity contribution in [2.45, 2.75) is 19.8 Å². The van der Waals surface area contributed by atoms with Gasteiger partial charge in [-0.05, 0) is 33.5 Å². The molecule has 0 atom stereocenters. The lowest BCUT2D eigenvalue weighted by atomic mass is 10.1. The van der Waals surface area contributed by atoms with Gasteiger partial charge in [-0.1, -0.05) is 45.7 Å². The largest absolute Gasteiger partial charge is 0.289 e. The summed E-state index contributed by atoms with van der Waals surface area (Å²) in [6, 6.07) is 3.38. The zero-order chi connectivity index (χ0) is 10.9. The van der Waals surface area contributed by atoms with Crippen molar-refractivity contribution in [3.63, 3.8) is 0 Å². The van der Waals surface area contributed by atoms with E-state index in [0.29, 0.717) is 10.4 Å². The highest BCUT2D eigenvalue weighted by Gasteiger charge is 2.09. The van der Waals surface area contributed by atoms with Crippen LogP contribution in [0.25, 0.3) is 0 Å². The van der Waals surface area contributed by atoms with Gasteiger partial charge in [0.1, 0.15) is 0 Å². The molecular weight excluding hydrogens is 376 g/mol. The van der Waals surface area contributed by atoms with Gasteiger partial charge in [-0.2, -0.15) is 0 Å². The molecule has 1 aromatic carbocycles. The van der Waals surface area contributed by atoms with E-state index in [-0.39, 0.29) is 5.43 Å². The van der Waals surface area contributed by atoms with Crippen LogP contribution >= 0.6 is 47.8 Å². The summed E-state index contributed by atoms with van der Waals surface area (Å²) >= 11 is 10.1. The van der Waals surface area contributed by atoms with Gasteiger partial charge in [-0.25, -0.2) is 0 Å². The molecule has 0 radical (unpaired) electrons. The van der Waals surface area contributed by atoms with Crippen LogP contribution in [0.3, 0.4) is 0 Å². The monoisotopic (exact) mass is 382 g/mol. The summed E-state index contributed by atoms with van der Waals surface area (Å²) in [5.41, 5.74) is 1.08. The Morgan fingerprint density at radius 3 is 2.00 bits per heavy atom. The van der Waals surface area contributed by atoms with Gasteiger partial charge in [0, 0.05) is 15.0 Å². The van der Waals surface area contributed by atoms with Gasteiger partial charge in [0.05, 0.1) is 4.47 Å². The molecule has 0 fully saturated rings. The predicted octanol–water partition coefficient (Wildman–Crippen LogP) is 4.46. The zero-order valence-electron chi connectivity index (χ0n) is 7.77. The maximum Gasteiger partial charge on any atom is 0.193 e. The third-order valence-electron chi connectivity index (χ3n) is 1.84. The lowest BCUT2D eigenvalue weighted by Gasteiger charge is -2.06. The van der Waals surface area contributed by atoms with Gasteiger partial charge >= 0.3 is 0 Å². The Morgan fingerprint density at radius 1 is 1.00 bits per heavy atom. The second-order valence-electron chi connectivity index (χ2n) is 3.27. The summed E-state index contributed by atoms with van der Waals surface area (Å²) in [6.45, 7) is 4.17. The van der Waals surface area contributed by atoms with E-state index in [1.165, 1.54) is 0 Å². The minimum absolute atomic E-state index is 0.0236. The smallest absolute Gasteiger partial charge is 0.193 e. The van der Waals surface area contributed by atoms with E-state index in [0.717, 1.165) is 14.5 Å². The van der Waals surface area contributed by atoms with Gasteiger partial charge in [-0.3, -0.25) is 4.79 Å². The first-order valence-electron chi connectivity index (χ1n) is 4.12. The fraction of sp³-hybridized carbons (Fsp3) is 0.300. The normalized spacial score (nSPS) is 10.7. The van der Waals surface area contributed by atoms with Crippen molar-refractivity contribution < 1.29 is 0 Å². The highest BCUT2D eigenvalue weighted by molar-refractivity contribution is 9.11.